The predicted octanol–water partition coefficient (Wildman–Crippen LogP) is 1.80. The van der Waals surface area contributed by atoms with Crippen LogP contribution in [0.5, 0.6) is 0 Å². The van der Waals surface area contributed by atoms with Gasteiger partial charge in [-0.15, -0.1) is 0 Å². The van der Waals surface area contributed by atoms with Crippen molar-refractivity contribution in [3.05, 3.63) is 58.0 Å². The highest BCUT2D eigenvalue weighted by Gasteiger charge is 2.43. The van der Waals surface area contributed by atoms with Gasteiger partial charge in [-0.2, -0.15) is 0 Å². The van der Waals surface area contributed by atoms with Crippen LogP contribution in [-0.2, 0) is 21.2 Å². The van der Waals surface area contributed by atoms with E-state index in [9.17, 15) is 26.8 Å². The maximum absolute atomic E-state index is 14.5. The number of hydrogen-bond donors (Lipinski definition) is 2. The number of aromatic nitrogens is 1. The molecule has 1 amide bonds. The Morgan fingerprint density at radius 3 is 2.50 bits per heavy atom. The lowest BCUT2D eigenvalue weighted by molar-refractivity contribution is -0.131. The molecule has 0 radical (unpaired) electrons. The van der Waals surface area contributed by atoms with Crippen molar-refractivity contribution >= 4 is 15.7 Å². The molecule has 0 saturated carbocycles. The maximum atomic E-state index is 14.5. The molecule has 7 nitrogen and oxygen atoms in total. The van der Waals surface area contributed by atoms with E-state index < -0.39 is 44.1 Å². The lowest BCUT2D eigenvalue weighted by Gasteiger charge is -2.25. The molecule has 0 bridgehead atoms. The fourth-order valence-electron chi connectivity index (χ4n) is 2.70. The third-order valence-corrected chi connectivity index (χ3v) is 6.82. The van der Waals surface area contributed by atoms with E-state index in [0.29, 0.717) is 5.56 Å². The lowest BCUT2D eigenvalue weighted by atomic mass is 10.0. The quantitative estimate of drug-likeness (QED) is 0.554. The van der Waals surface area contributed by atoms with Gasteiger partial charge >= 0.3 is 0 Å². The summed E-state index contributed by atoms with van der Waals surface area (Å²) in [5, 5.41) is 8.81. The molecule has 1 aromatic carbocycles. The zero-order chi connectivity index (χ0) is 21.3. The summed E-state index contributed by atoms with van der Waals surface area (Å²) in [7, 11) is -3.96. The standard InChI is InChI=1S/C18H20F2N2O5S/c1-11-5-4-6-12(16(11)20)13-9-15(23)22(10-14(13)19)8-7-18(2,17(24)21-25)28(3,26)27/h4-6,9-10,25H,7-8H2,1-3H3,(H,21,24)/t18-/m1/s1. The zero-order valence-corrected chi connectivity index (χ0v) is 16.3. The van der Waals surface area contributed by atoms with Gasteiger partial charge < -0.3 is 4.57 Å². The Morgan fingerprint density at radius 2 is 1.93 bits per heavy atom. The normalized spacial score (nSPS) is 13.8. The van der Waals surface area contributed by atoms with Crippen molar-refractivity contribution in [1.82, 2.24) is 10.0 Å². The number of benzene rings is 1. The SMILES string of the molecule is Cc1cccc(-c2cc(=O)n(CC[C@](C)(C(=O)NO)S(C)(=O)=O)cc2F)c1F. The fraction of sp³-hybridized carbons (Fsp3) is 0.333. The molecule has 1 atom stereocenters. The van der Waals surface area contributed by atoms with Gasteiger partial charge in [0.1, 0.15) is 11.6 Å². The minimum atomic E-state index is -3.96. The molecule has 0 aliphatic rings. The molecule has 0 saturated heterocycles. The van der Waals surface area contributed by atoms with Gasteiger partial charge in [-0.05, 0) is 25.8 Å². The number of pyridine rings is 1. The molecule has 28 heavy (non-hydrogen) atoms. The summed E-state index contributed by atoms with van der Waals surface area (Å²) < 4.78 is 51.6. The van der Waals surface area contributed by atoms with Crippen LogP contribution >= 0.6 is 0 Å². The third kappa shape index (κ3) is 3.97. The number of carbonyl (C=O) groups excluding carboxylic acids is 1. The van der Waals surface area contributed by atoms with Gasteiger partial charge in [-0.3, -0.25) is 14.8 Å². The summed E-state index contributed by atoms with van der Waals surface area (Å²) in [6.07, 6.45) is 1.25. The fourth-order valence-corrected chi connectivity index (χ4v) is 3.55. The minimum Gasteiger partial charge on any atom is -0.312 e. The summed E-state index contributed by atoms with van der Waals surface area (Å²) in [6, 6.07) is 5.30. The number of hydroxylamine groups is 1. The Morgan fingerprint density at radius 1 is 1.29 bits per heavy atom. The van der Waals surface area contributed by atoms with E-state index in [4.69, 9.17) is 5.21 Å². The third-order valence-electron chi connectivity index (χ3n) is 4.79. The molecule has 0 spiro atoms. The Bertz CT molecular complexity index is 1080. The molecule has 0 aliphatic carbocycles. The van der Waals surface area contributed by atoms with Crippen LogP contribution in [0.15, 0.2) is 35.3 Å². The Hall–Kier alpha value is -2.59. The molecular weight excluding hydrogens is 394 g/mol. The molecule has 0 unspecified atom stereocenters. The number of rotatable bonds is 6. The Labute approximate surface area is 160 Å². The lowest BCUT2D eigenvalue weighted by Crippen LogP contribution is -2.50. The predicted molar refractivity (Wildman–Crippen MR) is 98.6 cm³/mol. The van der Waals surface area contributed by atoms with E-state index in [2.05, 4.69) is 0 Å². The van der Waals surface area contributed by atoms with E-state index in [1.54, 1.807) is 0 Å². The van der Waals surface area contributed by atoms with Crippen molar-refractivity contribution in [1.29, 1.82) is 0 Å². The van der Waals surface area contributed by atoms with Crippen LogP contribution in [0.1, 0.15) is 18.9 Å². The van der Waals surface area contributed by atoms with E-state index >= 15 is 0 Å². The van der Waals surface area contributed by atoms with Crippen molar-refractivity contribution < 1.29 is 27.2 Å². The molecule has 1 heterocycles. The van der Waals surface area contributed by atoms with Gasteiger partial charge in [0.25, 0.3) is 11.5 Å². The summed E-state index contributed by atoms with van der Waals surface area (Å²) >= 11 is 0. The Balaban J connectivity index is 2.42. The van der Waals surface area contributed by atoms with Gasteiger partial charge in [-0.1, -0.05) is 18.2 Å². The first-order valence-corrected chi connectivity index (χ1v) is 10.1. The molecule has 2 rings (SSSR count). The molecule has 0 aliphatic heterocycles. The topological polar surface area (TPSA) is 105 Å². The molecule has 0 fully saturated rings. The first kappa shape index (κ1) is 21.7. The summed E-state index contributed by atoms with van der Waals surface area (Å²) in [4.78, 5) is 24.2. The highest BCUT2D eigenvalue weighted by molar-refractivity contribution is 7.92. The number of nitrogens with zero attached hydrogens (tertiary/aromatic N) is 1. The molecule has 10 heteroatoms. The average Bonchev–Trinajstić information content (AvgIpc) is 2.62. The van der Waals surface area contributed by atoms with Crippen LogP contribution < -0.4 is 11.0 Å². The zero-order valence-electron chi connectivity index (χ0n) is 15.5. The van der Waals surface area contributed by atoms with E-state index in [-0.39, 0.29) is 17.7 Å². The second kappa shape index (κ2) is 7.80. The highest BCUT2D eigenvalue weighted by Crippen LogP contribution is 2.26. The second-order valence-corrected chi connectivity index (χ2v) is 9.14. The largest absolute Gasteiger partial charge is 0.312 e. The molecular formula is C18H20F2N2O5S. The van der Waals surface area contributed by atoms with Crippen LogP contribution in [0.4, 0.5) is 8.78 Å². The summed E-state index contributed by atoms with van der Waals surface area (Å²) in [5.41, 5.74) is 0.602. The summed E-state index contributed by atoms with van der Waals surface area (Å²) in [5.74, 6) is -2.69. The maximum Gasteiger partial charge on any atom is 0.264 e. The number of amides is 1. The van der Waals surface area contributed by atoms with Crippen molar-refractivity contribution in [2.24, 2.45) is 0 Å². The van der Waals surface area contributed by atoms with E-state index in [1.165, 1.54) is 30.6 Å². The number of halogens is 2. The number of carbonyl (C=O) groups is 1. The van der Waals surface area contributed by atoms with Gasteiger partial charge in [0.05, 0.1) is 0 Å². The number of aryl methyl sites for hydroxylation is 2. The van der Waals surface area contributed by atoms with Crippen molar-refractivity contribution in [2.75, 3.05) is 6.26 Å². The molecule has 1 aromatic heterocycles. The first-order valence-electron chi connectivity index (χ1n) is 8.22. The first-order chi connectivity index (χ1) is 12.9. The second-order valence-electron chi connectivity index (χ2n) is 6.70. The van der Waals surface area contributed by atoms with Crippen LogP contribution in [0.25, 0.3) is 11.1 Å². The van der Waals surface area contributed by atoms with Crippen molar-refractivity contribution in [3.63, 3.8) is 0 Å². The smallest absolute Gasteiger partial charge is 0.264 e. The molecule has 152 valence electrons. The molecule has 2 N–H and O–H groups in total. The van der Waals surface area contributed by atoms with Gasteiger partial charge in [0, 0.05) is 36.2 Å². The van der Waals surface area contributed by atoms with Gasteiger partial charge in [0.15, 0.2) is 14.6 Å². The number of nitrogens with one attached hydrogen (secondary N) is 1. The van der Waals surface area contributed by atoms with Crippen LogP contribution in [0.3, 0.4) is 0 Å². The van der Waals surface area contributed by atoms with Crippen LogP contribution in [-0.4, -0.2) is 35.1 Å². The van der Waals surface area contributed by atoms with Gasteiger partial charge in [0.2, 0.25) is 0 Å². The van der Waals surface area contributed by atoms with Crippen LogP contribution in [0.2, 0.25) is 0 Å². The van der Waals surface area contributed by atoms with Crippen molar-refractivity contribution in [3.8, 4) is 11.1 Å². The van der Waals surface area contributed by atoms with Crippen LogP contribution in [0, 0.1) is 18.6 Å². The minimum absolute atomic E-state index is 0.0672. The Kier molecular flexibility index (Phi) is 6.05. The highest BCUT2D eigenvalue weighted by atomic mass is 32.2. The number of sulfone groups is 1. The van der Waals surface area contributed by atoms with E-state index in [1.807, 2.05) is 0 Å². The summed E-state index contributed by atoms with van der Waals surface area (Å²) in [6.45, 7) is 2.28. The molecule has 2 aromatic rings. The van der Waals surface area contributed by atoms with Crippen molar-refractivity contribution in [2.45, 2.75) is 31.6 Å². The number of hydrogen-bond acceptors (Lipinski definition) is 5. The van der Waals surface area contributed by atoms with E-state index in [0.717, 1.165) is 30.0 Å². The van der Waals surface area contributed by atoms with Gasteiger partial charge in [-0.25, -0.2) is 22.7 Å². The average molecular weight is 414 g/mol. The monoisotopic (exact) mass is 414 g/mol.